The number of ketones is 1. The van der Waals surface area contributed by atoms with Crippen LogP contribution in [0.2, 0.25) is 0 Å². The molecule has 0 aliphatic carbocycles. The Labute approximate surface area is 143 Å². The summed E-state index contributed by atoms with van der Waals surface area (Å²) in [7, 11) is 1.58. The topological polar surface area (TPSA) is 55.8 Å². The van der Waals surface area contributed by atoms with Gasteiger partial charge >= 0.3 is 6.09 Å². The molecule has 0 atom stereocenters. The summed E-state index contributed by atoms with van der Waals surface area (Å²) >= 11 is 0. The number of benzene rings is 1. The monoisotopic (exact) mass is 333 g/mol. The lowest BCUT2D eigenvalue weighted by Crippen LogP contribution is -2.41. The Morgan fingerprint density at radius 1 is 1.17 bits per heavy atom. The Morgan fingerprint density at radius 2 is 1.79 bits per heavy atom. The van der Waals surface area contributed by atoms with Crippen LogP contribution in [0.1, 0.15) is 62.4 Å². The third-order valence-electron chi connectivity index (χ3n) is 4.22. The van der Waals surface area contributed by atoms with E-state index in [1.165, 1.54) is 6.92 Å². The van der Waals surface area contributed by atoms with Gasteiger partial charge in [-0.05, 0) is 64.2 Å². The Morgan fingerprint density at radius 3 is 2.29 bits per heavy atom. The second-order valence-corrected chi connectivity index (χ2v) is 7.26. The maximum atomic E-state index is 12.1. The summed E-state index contributed by atoms with van der Waals surface area (Å²) in [6, 6.07) is 5.77. The van der Waals surface area contributed by atoms with Crippen LogP contribution in [0.25, 0.3) is 0 Å². The Balaban J connectivity index is 2.02. The quantitative estimate of drug-likeness (QED) is 0.784. The molecule has 1 aliphatic rings. The van der Waals surface area contributed by atoms with Crippen LogP contribution < -0.4 is 4.74 Å². The van der Waals surface area contributed by atoms with Crippen molar-refractivity contribution in [1.82, 2.24) is 4.90 Å². The molecule has 0 unspecified atom stereocenters. The number of ether oxygens (including phenoxy) is 2. The van der Waals surface area contributed by atoms with E-state index < -0.39 is 5.60 Å². The van der Waals surface area contributed by atoms with E-state index in [0.717, 1.165) is 18.4 Å². The predicted octanol–water partition coefficient (Wildman–Crippen LogP) is 4.01. The number of carbonyl (C=O) groups excluding carboxylic acids is 2. The summed E-state index contributed by atoms with van der Waals surface area (Å²) in [6.45, 7) is 8.52. The zero-order chi connectivity index (χ0) is 17.9. The van der Waals surface area contributed by atoms with Crippen LogP contribution >= 0.6 is 0 Å². The molecule has 132 valence electrons. The molecular formula is C19H27NO4. The Kier molecular flexibility index (Phi) is 5.52. The van der Waals surface area contributed by atoms with Gasteiger partial charge in [0.1, 0.15) is 11.4 Å². The largest absolute Gasteiger partial charge is 0.496 e. The molecule has 24 heavy (non-hydrogen) atoms. The van der Waals surface area contributed by atoms with Crippen molar-refractivity contribution in [1.29, 1.82) is 0 Å². The van der Waals surface area contributed by atoms with Gasteiger partial charge in [0.2, 0.25) is 0 Å². The molecule has 0 spiro atoms. The van der Waals surface area contributed by atoms with Crippen LogP contribution in [0.15, 0.2) is 18.2 Å². The van der Waals surface area contributed by atoms with Crippen LogP contribution in [-0.4, -0.2) is 42.6 Å². The van der Waals surface area contributed by atoms with E-state index >= 15 is 0 Å². The molecule has 1 aromatic rings. The molecule has 0 radical (unpaired) electrons. The first-order chi connectivity index (χ1) is 11.2. The summed E-state index contributed by atoms with van der Waals surface area (Å²) < 4.78 is 10.8. The van der Waals surface area contributed by atoms with Crippen molar-refractivity contribution >= 4 is 11.9 Å². The molecule has 5 nitrogen and oxygen atoms in total. The van der Waals surface area contributed by atoms with Crippen molar-refractivity contribution < 1.29 is 19.1 Å². The minimum Gasteiger partial charge on any atom is -0.496 e. The molecule has 1 aliphatic heterocycles. The number of Topliss-reactive ketones (excluding diaryl/α,β-unsaturated/α-hetero) is 1. The zero-order valence-electron chi connectivity index (χ0n) is 15.2. The van der Waals surface area contributed by atoms with Crippen LogP contribution in [-0.2, 0) is 4.74 Å². The average molecular weight is 333 g/mol. The van der Waals surface area contributed by atoms with E-state index in [9.17, 15) is 9.59 Å². The van der Waals surface area contributed by atoms with Crippen LogP contribution in [0.3, 0.4) is 0 Å². The van der Waals surface area contributed by atoms with Gasteiger partial charge in [-0.25, -0.2) is 4.79 Å². The molecular weight excluding hydrogens is 306 g/mol. The van der Waals surface area contributed by atoms with Gasteiger partial charge in [-0.3, -0.25) is 4.79 Å². The minimum absolute atomic E-state index is 0.00172. The first-order valence-corrected chi connectivity index (χ1v) is 8.38. The van der Waals surface area contributed by atoms with E-state index in [1.54, 1.807) is 12.0 Å². The van der Waals surface area contributed by atoms with Crippen molar-refractivity contribution in [2.45, 2.75) is 52.1 Å². The summed E-state index contributed by atoms with van der Waals surface area (Å²) in [6.07, 6.45) is 1.51. The van der Waals surface area contributed by atoms with Crippen LogP contribution in [0.4, 0.5) is 4.79 Å². The van der Waals surface area contributed by atoms with Crippen molar-refractivity contribution in [2.75, 3.05) is 20.2 Å². The van der Waals surface area contributed by atoms with E-state index in [1.807, 2.05) is 39.0 Å². The fourth-order valence-electron chi connectivity index (χ4n) is 2.97. The number of likely N-dealkylation sites (tertiary alicyclic amines) is 1. The third kappa shape index (κ3) is 4.49. The number of carbonyl (C=O) groups is 2. The fourth-order valence-corrected chi connectivity index (χ4v) is 2.97. The molecule has 2 rings (SSSR count). The number of amides is 1. The first-order valence-electron chi connectivity index (χ1n) is 8.38. The maximum absolute atomic E-state index is 12.1. The average Bonchev–Trinajstić information content (AvgIpc) is 2.52. The molecule has 0 saturated carbocycles. The molecule has 1 amide bonds. The molecule has 0 aromatic heterocycles. The highest BCUT2D eigenvalue weighted by molar-refractivity contribution is 5.96. The van der Waals surface area contributed by atoms with Crippen molar-refractivity contribution in [3.8, 4) is 5.75 Å². The Bertz CT molecular complexity index is 610. The highest BCUT2D eigenvalue weighted by Gasteiger charge is 2.27. The van der Waals surface area contributed by atoms with Crippen molar-refractivity contribution in [3.05, 3.63) is 29.3 Å². The second kappa shape index (κ2) is 7.24. The lowest BCUT2D eigenvalue weighted by Gasteiger charge is -2.33. The third-order valence-corrected chi connectivity index (χ3v) is 4.22. The predicted molar refractivity (Wildman–Crippen MR) is 92.8 cm³/mol. The van der Waals surface area contributed by atoms with Gasteiger partial charge in [0.05, 0.1) is 12.7 Å². The standard InChI is InChI=1S/C19H27NO4/c1-13(21)16-7-6-15(12-17(16)23-5)14-8-10-20(11-9-14)18(22)24-19(2,3)4/h6-7,12,14H,8-11H2,1-5H3. The normalized spacial score (nSPS) is 16.0. The molecule has 0 bridgehead atoms. The minimum atomic E-state index is -0.468. The van der Waals surface area contributed by atoms with Crippen molar-refractivity contribution in [3.63, 3.8) is 0 Å². The molecule has 1 fully saturated rings. The smallest absolute Gasteiger partial charge is 0.410 e. The van der Waals surface area contributed by atoms with Crippen LogP contribution in [0, 0.1) is 0 Å². The molecule has 1 saturated heterocycles. The van der Waals surface area contributed by atoms with E-state index in [4.69, 9.17) is 9.47 Å². The van der Waals surface area contributed by atoms with Gasteiger partial charge in [0.15, 0.2) is 5.78 Å². The van der Waals surface area contributed by atoms with E-state index in [-0.39, 0.29) is 11.9 Å². The number of rotatable bonds is 3. The van der Waals surface area contributed by atoms with Gasteiger partial charge in [-0.2, -0.15) is 0 Å². The molecule has 0 N–H and O–H groups in total. The second-order valence-electron chi connectivity index (χ2n) is 7.26. The lowest BCUT2D eigenvalue weighted by molar-refractivity contribution is 0.0204. The van der Waals surface area contributed by atoms with Gasteiger partial charge in [-0.15, -0.1) is 0 Å². The van der Waals surface area contributed by atoms with E-state index in [2.05, 4.69) is 0 Å². The molecule has 1 aromatic carbocycles. The highest BCUT2D eigenvalue weighted by atomic mass is 16.6. The summed E-state index contributed by atoms with van der Waals surface area (Å²) in [5.41, 5.74) is 1.29. The maximum Gasteiger partial charge on any atom is 0.410 e. The molecule has 1 heterocycles. The number of nitrogens with zero attached hydrogens (tertiary/aromatic N) is 1. The Hall–Kier alpha value is -2.04. The summed E-state index contributed by atoms with van der Waals surface area (Å²) in [5, 5.41) is 0. The molecule has 5 heteroatoms. The fraction of sp³-hybridized carbons (Fsp3) is 0.579. The number of hydrogen-bond donors (Lipinski definition) is 0. The summed E-state index contributed by atoms with van der Waals surface area (Å²) in [5.74, 6) is 0.978. The lowest BCUT2D eigenvalue weighted by atomic mass is 9.88. The van der Waals surface area contributed by atoms with Gasteiger partial charge < -0.3 is 14.4 Å². The first kappa shape index (κ1) is 18.3. The van der Waals surface area contributed by atoms with E-state index in [0.29, 0.717) is 30.3 Å². The van der Waals surface area contributed by atoms with Gasteiger partial charge in [0, 0.05) is 13.1 Å². The zero-order valence-corrected chi connectivity index (χ0v) is 15.2. The number of piperidine rings is 1. The van der Waals surface area contributed by atoms with Gasteiger partial charge in [-0.1, -0.05) is 6.07 Å². The highest BCUT2D eigenvalue weighted by Crippen LogP contribution is 2.32. The SMILES string of the molecule is COc1cc(C2CCN(C(=O)OC(C)(C)C)CC2)ccc1C(C)=O. The van der Waals surface area contributed by atoms with Crippen molar-refractivity contribution in [2.24, 2.45) is 0 Å². The number of methoxy groups -OCH3 is 1. The van der Waals surface area contributed by atoms with Gasteiger partial charge in [0.25, 0.3) is 0 Å². The number of hydrogen-bond acceptors (Lipinski definition) is 4. The summed E-state index contributed by atoms with van der Waals surface area (Å²) in [4.78, 5) is 25.5. The van der Waals surface area contributed by atoms with Crippen LogP contribution in [0.5, 0.6) is 5.75 Å².